The molecule has 0 atom stereocenters. The topological polar surface area (TPSA) is 74.7 Å². The first-order chi connectivity index (χ1) is 7.80. The fraction of sp³-hybridized carbons (Fsp3) is 0.818. The highest BCUT2D eigenvalue weighted by molar-refractivity contribution is 7.85. The minimum Gasteiger partial charge on any atom is -0.481 e. The third kappa shape index (κ3) is 4.85. The van der Waals surface area contributed by atoms with Gasteiger partial charge < -0.3 is 10.0 Å². The fourth-order valence-corrected chi connectivity index (χ4v) is 2.93. The van der Waals surface area contributed by atoms with Crippen LogP contribution in [-0.4, -0.2) is 50.7 Å². The first kappa shape index (κ1) is 14.2. The van der Waals surface area contributed by atoms with Crippen molar-refractivity contribution in [3.63, 3.8) is 0 Å². The molecule has 6 heteroatoms. The van der Waals surface area contributed by atoms with Crippen molar-refractivity contribution in [1.29, 1.82) is 0 Å². The molecule has 1 heterocycles. The molecule has 0 aromatic rings. The molecule has 0 aromatic heterocycles. The van der Waals surface area contributed by atoms with E-state index >= 15 is 0 Å². The lowest BCUT2D eigenvalue weighted by atomic mass is 9.85. The van der Waals surface area contributed by atoms with E-state index in [4.69, 9.17) is 5.11 Å². The summed E-state index contributed by atoms with van der Waals surface area (Å²) in [6.45, 7) is 4.60. The summed E-state index contributed by atoms with van der Waals surface area (Å²) in [5.41, 5.74) is -0.528. The summed E-state index contributed by atoms with van der Waals surface area (Å²) in [6, 6.07) is 0. The minimum atomic E-state index is -0.887. The molecule has 1 amide bonds. The molecule has 5 nitrogen and oxygen atoms in total. The molecule has 0 unspecified atom stereocenters. The number of carboxylic acids is 1. The van der Waals surface area contributed by atoms with Gasteiger partial charge in [0.25, 0.3) is 0 Å². The maximum absolute atomic E-state index is 11.9. The molecule has 0 bridgehead atoms. The zero-order valence-corrected chi connectivity index (χ0v) is 11.1. The predicted molar refractivity (Wildman–Crippen MR) is 65.1 cm³/mol. The van der Waals surface area contributed by atoms with Crippen LogP contribution in [0.3, 0.4) is 0 Å². The predicted octanol–water partition coefficient (Wildman–Crippen LogP) is 0.468. The Morgan fingerprint density at radius 1 is 1.24 bits per heavy atom. The highest BCUT2D eigenvalue weighted by atomic mass is 32.2. The summed E-state index contributed by atoms with van der Waals surface area (Å²) in [5, 5.41) is 8.74. The fourth-order valence-electron chi connectivity index (χ4n) is 1.88. The molecule has 1 saturated heterocycles. The molecule has 1 aliphatic heterocycles. The summed E-state index contributed by atoms with van der Waals surface area (Å²) in [7, 11) is -0.798. The SMILES string of the molecule is CC(C)(CC(=O)O)CC(=O)N1CCS(=O)CC1. The Balaban J connectivity index is 2.48. The van der Waals surface area contributed by atoms with Crippen molar-refractivity contribution in [2.45, 2.75) is 26.7 Å². The second kappa shape index (κ2) is 5.62. The van der Waals surface area contributed by atoms with E-state index in [1.807, 2.05) is 0 Å². The number of hydrogen-bond donors (Lipinski definition) is 1. The van der Waals surface area contributed by atoms with Gasteiger partial charge in [-0.25, -0.2) is 0 Å². The van der Waals surface area contributed by atoms with Crippen LogP contribution >= 0.6 is 0 Å². The van der Waals surface area contributed by atoms with Gasteiger partial charge in [-0.1, -0.05) is 13.8 Å². The normalized spacial score (nSPS) is 18.1. The molecule has 0 spiro atoms. The largest absolute Gasteiger partial charge is 0.481 e. The third-order valence-electron chi connectivity index (χ3n) is 2.79. The summed E-state index contributed by atoms with van der Waals surface area (Å²) in [5.74, 6) is 0.145. The van der Waals surface area contributed by atoms with Gasteiger partial charge >= 0.3 is 5.97 Å². The zero-order valence-electron chi connectivity index (χ0n) is 10.3. The van der Waals surface area contributed by atoms with Crippen LogP contribution in [0.2, 0.25) is 0 Å². The van der Waals surface area contributed by atoms with E-state index in [9.17, 15) is 13.8 Å². The van der Waals surface area contributed by atoms with Crippen LogP contribution in [0.1, 0.15) is 26.7 Å². The van der Waals surface area contributed by atoms with Gasteiger partial charge in [0.1, 0.15) is 0 Å². The van der Waals surface area contributed by atoms with Crippen LogP contribution in [0.25, 0.3) is 0 Å². The van der Waals surface area contributed by atoms with Crippen LogP contribution in [0, 0.1) is 5.41 Å². The number of carbonyl (C=O) groups is 2. The quantitative estimate of drug-likeness (QED) is 0.798. The number of hydrogen-bond acceptors (Lipinski definition) is 3. The molecule has 98 valence electrons. The van der Waals surface area contributed by atoms with E-state index < -0.39 is 22.2 Å². The molecule has 1 aliphatic rings. The number of carbonyl (C=O) groups excluding carboxylic acids is 1. The van der Waals surface area contributed by atoms with E-state index in [0.29, 0.717) is 24.6 Å². The highest BCUT2D eigenvalue weighted by Gasteiger charge is 2.29. The van der Waals surface area contributed by atoms with E-state index in [-0.39, 0.29) is 18.7 Å². The van der Waals surface area contributed by atoms with Crippen molar-refractivity contribution in [1.82, 2.24) is 4.90 Å². The van der Waals surface area contributed by atoms with Gasteiger partial charge in [-0.15, -0.1) is 0 Å². The van der Waals surface area contributed by atoms with Gasteiger partial charge in [0.05, 0.1) is 6.42 Å². The maximum Gasteiger partial charge on any atom is 0.303 e. The Labute approximate surface area is 104 Å². The number of carboxylic acid groups (broad SMARTS) is 1. The Kier molecular flexibility index (Phi) is 4.68. The van der Waals surface area contributed by atoms with Crippen molar-refractivity contribution < 1.29 is 18.9 Å². The van der Waals surface area contributed by atoms with Gasteiger partial charge in [-0.3, -0.25) is 13.8 Å². The molecule has 17 heavy (non-hydrogen) atoms. The van der Waals surface area contributed by atoms with E-state index in [2.05, 4.69) is 0 Å². The lowest BCUT2D eigenvalue weighted by Crippen LogP contribution is -2.43. The number of nitrogens with zero attached hydrogens (tertiary/aromatic N) is 1. The molecule has 0 aliphatic carbocycles. The van der Waals surface area contributed by atoms with Crippen LogP contribution in [0.5, 0.6) is 0 Å². The number of aliphatic carboxylic acids is 1. The van der Waals surface area contributed by atoms with Gasteiger partial charge in [0.2, 0.25) is 5.91 Å². The molecular formula is C11H19NO4S. The highest BCUT2D eigenvalue weighted by Crippen LogP contribution is 2.26. The smallest absolute Gasteiger partial charge is 0.303 e. The number of amides is 1. The summed E-state index contributed by atoms with van der Waals surface area (Å²) < 4.78 is 11.2. The van der Waals surface area contributed by atoms with E-state index in [1.54, 1.807) is 18.7 Å². The first-order valence-electron chi connectivity index (χ1n) is 5.65. The van der Waals surface area contributed by atoms with Crippen LogP contribution in [0.4, 0.5) is 0 Å². The molecule has 1 fully saturated rings. The van der Waals surface area contributed by atoms with Gasteiger partial charge in [0.15, 0.2) is 0 Å². The minimum absolute atomic E-state index is 0.0154. The Morgan fingerprint density at radius 3 is 2.24 bits per heavy atom. The van der Waals surface area contributed by atoms with Crippen molar-refractivity contribution in [3.8, 4) is 0 Å². The summed E-state index contributed by atoms with van der Waals surface area (Å²) in [4.78, 5) is 24.3. The number of rotatable bonds is 4. The van der Waals surface area contributed by atoms with Crippen molar-refractivity contribution in [2.75, 3.05) is 24.6 Å². The summed E-state index contributed by atoms with van der Waals surface area (Å²) >= 11 is 0. The van der Waals surface area contributed by atoms with Crippen LogP contribution in [0.15, 0.2) is 0 Å². The van der Waals surface area contributed by atoms with Crippen molar-refractivity contribution in [2.24, 2.45) is 5.41 Å². The lowest BCUT2D eigenvalue weighted by molar-refractivity contribution is -0.140. The van der Waals surface area contributed by atoms with Gasteiger partial charge in [0, 0.05) is 41.8 Å². The lowest BCUT2D eigenvalue weighted by Gasteiger charge is -2.30. The Morgan fingerprint density at radius 2 is 1.76 bits per heavy atom. The van der Waals surface area contributed by atoms with E-state index in [1.165, 1.54) is 0 Å². The molecule has 1 rings (SSSR count). The van der Waals surface area contributed by atoms with Crippen LogP contribution in [-0.2, 0) is 20.4 Å². The Bertz CT molecular complexity index is 330. The maximum atomic E-state index is 11.9. The molecule has 1 N–H and O–H groups in total. The first-order valence-corrected chi connectivity index (χ1v) is 7.13. The van der Waals surface area contributed by atoms with Crippen molar-refractivity contribution in [3.05, 3.63) is 0 Å². The van der Waals surface area contributed by atoms with E-state index in [0.717, 1.165) is 0 Å². The third-order valence-corrected chi connectivity index (χ3v) is 4.07. The zero-order chi connectivity index (χ0) is 13.1. The van der Waals surface area contributed by atoms with Gasteiger partial charge in [-0.2, -0.15) is 0 Å². The summed E-state index contributed by atoms with van der Waals surface area (Å²) in [6.07, 6.45) is 0.213. The molecule has 0 saturated carbocycles. The standard InChI is InChI=1S/C11H19NO4S/c1-11(2,8-10(14)15)7-9(13)12-3-5-17(16)6-4-12/h3-8H2,1-2H3,(H,14,15). The second-order valence-corrected chi connectivity index (χ2v) is 6.84. The van der Waals surface area contributed by atoms with Gasteiger partial charge in [-0.05, 0) is 5.41 Å². The second-order valence-electron chi connectivity index (χ2n) is 5.14. The molecule has 0 radical (unpaired) electrons. The average molecular weight is 261 g/mol. The van der Waals surface area contributed by atoms with Crippen LogP contribution < -0.4 is 0 Å². The Hall–Kier alpha value is -0.910. The molecular weight excluding hydrogens is 242 g/mol. The average Bonchev–Trinajstić information content (AvgIpc) is 2.15. The monoisotopic (exact) mass is 261 g/mol. The molecule has 0 aromatic carbocycles. The van der Waals surface area contributed by atoms with Crippen molar-refractivity contribution >= 4 is 22.7 Å².